The SMILES string of the molecule is CC(C)CNCCCCN(C)Cc1ccc(Cl)s1. The van der Waals surface area contributed by atoms with Crippen LogP contribution in [0.25, 0.3) is 0 Å². The molecule has 0 unspecified atom stereocenters. The quantitative estimate of drug-likeness (QED) is 0.694. The van der Waals surface area contributed by atoms with Gasteiger partial charge in [-0.05, 0) is 57.6 Å². The fraction of sp³-hybridized carbons (Fsp3) is 0.714. The summed E-state index contributed by atoms with van der Waals surface area (Å²) in [5.41, 5.74) is 0. The largest absolute Gasteiger partial charge is 0.316 e. The number of thiophene rings is 1. The van der Waals surface area contributed by atoms with Gasteiger partial charge in [-0.1, -0.05) is 25.4 Å². The van der Waals surface area contributed by atoms with E-state index in [0.29, 0.717) is 0 Å². The predicted octanol–water partition coefficient (Wildman–Crippen LogP) is 3.86. The Bertz CT molecular complexity index is 325. The monoisotopic (exact) mass is 288 g/mol. The maximum absolute atomic E-state index is 5.92. The summed E-state index contributed by atoms with van der Waals surface area (Å²) in [4.78, 5) is 3.71. The summed E-state index contributed by atoms with van der Waals surface area (Å²) in [5.74, 6) is 0.747. The molecule has 104 valence electrons. The molecule has 1 heterocycles. The van der Waals surface area contributed by atoms with E-state index >= 15 is 0 Å². The molecule has 0 aliphatic heterocycles. The maximum Gasteiger partial charge on any atom is 0.0931 e. The van der Waals surface area contributed by atoms with Crippen LogP contribution in [0.4, 0.5) is 0 Å². The topological polar surface area (TPSA) is 15.3 Å². The molecular weight excluding hydrogens is 264 g/mol. The van der Waals surface area contributed by atoms with Crippen molar-refractivity contribution in [3.63, 3.8) is 0 Å². The Morgan fingerprint density at radius 1 is 1.33 bits per heavy atom. The van der Waals surface area contributed by atoms with Crippen molar-refractivity contribution >= 4 is 22.9 Å². The minimum absolute atomic E-state index is 0.747. The number of hydrogen-bond acceptors (Lipinski definition) is 3. The van der Waals surface area contributed by atoms with Crippen molar-refractivity contribution in [3.05, 3.63) is 21.3 Å². The summed E-state index contributed by atoms with van der Waals surface area (Å²) in [6, 6.07) is 4.10. The van der Waals surface area contributed by atoms with E-state index in [1.165, 1.54) is 17.7 Å². The number of unbranched alkanes of at least 4 members (excludes halogenated alkanes) is 1. The van der Waals surface area contributed by atoms with Gasteiger partial charge in [-0.25, -0.2) is 0 Å². The van der Waals surface area contributed by atoms with E-state index in [4.69, 9.17) is 11.6 Å². The standard InChI is InChI=1S/C14H25ClN2S/c1-12(2)10-16-8-4-5-9-17(3)11-13-6-7-14(15)18-13/h6-7,12,16H,4-5,8-11H2,1-3H3. The highest BCUT2D eigenvalue weighted by Gasteiger charge is 2.02. The minimum Gasteiger partial charge on any atom is -0.316 e. The molecule has 4 heteroatoms. The van der Waals surface area contributed by atoms with Gasteiger partial charge in [0.15, 0.2) is 0 Å². The van der Waals surface area contributed by atoms with Gasteiger partial charge in [0, 0.05) is 11.4 Å². The van der Waals surface area contributed by atoms with Gasteiger partial charge in [0.25, 0.3) is 0 Å². The van der Waals surface area contributed by atoms with Gasteiger partial charge >= 0.3 is 0 Å². The predicted molar refractivity (Wildman–Crippen MR) is 82.6 cm³/mol. The Morgan fingerprint density at radius 2 is 2.11 bits per heavy atom. The van der Waals surface area contributed by atoms with E-state index in [2.05, 4.69) is 37.2 Å². The van der Waals surface area contributed by atoms with Crippen LogP contribution in [0.2, 0.25) is 4.34 Å². The molecule has 0 radical (unpaired) electrons. The molecule has 2 nitrogen and oxygen atoms in total. The fourth-order valence-electron chi connectivity index (χ4n) is 1.80. The Kier molecular flexibility index (Phi) is 7.91. The molecule has 0 atom stereocenters. The van der Waals surface area contributed by atoms with E-state index in [-0.39, 0.29) is 0 Å². The van der Waals surface area contributed by atoms with Crippen LogP contribution in [0.1, 0.15) is 31.6 Å². The average molecular weight is 289 g/mol. The van der Waals surface area contributed by atoms with Crippen LogP contribution in [-0.4, -0.2) is 31.6 Å². The maximum atomic E-state index is 5.92. The first-order valence-corrected chi connectivity index (χ1v) is 7.91. The highest BCUT2D eigenvalue weighted by atomic mass is 35.5. The second-order valence-corrected chi connectivity index (χ2v) is 7.05. The summed E-state index contributed by atoms with van der Waals surface area (Å²) in [5, 5.41) is 3.48. The molecule has 1 rings (SSSR count). The van der Waals surface area contributed by atoms with Crippen molar-refractivity contribution in [2.24, 2.45) is 5.92 Å². The van der Waals surface area contributed by atoms with Crippen molar-refractivity contribution in [2.45, 2.75) is 33.2 Å². The molecule has 1 N–H and O–H groups in total. The third-order valence-electron chi connectivity index (χ3n) is 2.75. The van der Waals surface area contributed by atoms with E-state index < -0.39 is 0 Å². The van der Waals surface area contributed by atoms with Gasteiger partial charge in [0.05, 0.1) is 4.34 Å². The minimum atomic E-state index is 0.747. The molecule has 0 aromatic carbocycles. The Balaban J connectivity index is 2.01. The molecule has 0 aliphatic rings. The molecule has 0 aliphatic carbocycles. The van der Waals surface area contributed by atoms with Gasteiger partial charge in [0.2, 0.25) is 0 Å². The lowest BCUT2D eigenvalue weighted by atomic mass is 10.2. The first kappa shape index (κ1) is 16.0. The molecule has 18 heavy (non-hydrogen) atoms. The molecule has 1 aromatic rings. The van der Waals surface area contributed by atoms with Crippen molar-refractivity contribution < 1.29 is 0 Å². The summed E-state index contributed by atoms with van der Waals surface area (Å²) in [6.07, 6.45) is 2.50. The van der Waals surface area contributed by atoms with Crippen molar-refractivity contribution in [1.82, 2.24) is 10.2 Å². The second kappa shape index (κ2) is 8.92. The third-order valence-corrected chi connectivity index (χ3v) is 3.97. The van der Waals surface area contributed by atoms with E-state index in [1.54, 1.807) is 11.3 Å². The first-order chi connectivity index (χ1) is 8.58. The fourth-order valence-corrected chi connectivity index (χ4v) is 2.97. The van der Waals surface area contributed by atoms with Crippen LogP contribution in [0.5, 0.6) is 0 Å². The van der Waals surface area contributed by atoms with Crippen LogP contribution in [0.3, 0.4) is 0 Å². The van der Waals surface area contributed by atoms with Gasteiger partial charge in [-0.3, -0.25) is 0 Å². The van der Waals surface area contributed by atoms with E-state index in [0.717, 1.165) is 36.4 Å². The molecule has 0 bridgehead atoms. The summed E-state index contributed by atoms with van der Waals surface area (Å²) >= 11 is 7.60. The van der Waals surface area contributed by atoms with Crippen molar-refractivity contribution in [2.75, 3.05) is 26.7 Å². The van der Waals surface area contributed by atoms with Gasteiger partial charge in [-0.15, -0.1) is 11.3 Å². The third kappa shape index (κ3) is 7.37. The van der Waals surface area contributed by atoms with Crippen LogP contribution in [-0.2, 0) is 6.54 Å². The molecule has 0 saturated carbocycles. The zero-order valence-electron chi connectivity index (χ0n) is 11.7. The zero-order chi connectivity index (χ0) is 13.4. The number of nitrogens with zero attached hydrogens (tertiary/aromatic N) is 1. The molecule has 0 amide bonds. The average Bonchev–Trinajstić information content (AvgIpc) is 2.68. The highest BCUT2D eigenvalue weighted by Crippen LogP contribution is 2.22. The van der Waals surface area contributed by atoms with Crippen LogP contribution < -0.4 is 5.32 Å². The van der Waals surface area contributed by atoms with E-state index in [1.807, 2.05) is 6.07 Å². The number of nitrogens with one attached hydrogen (secondary N) is 1. The smallest absolute Gasteiger partial charge is 0.0931 e. The van der Waals surface area contributed by atoms with Crippen molar-refractivity contribution in [3.8, 4) is 0 Å². The number of hydrogen-bond donors (Lipinski definition) is 1. The number of rotatable bonds is 9. The summed E-state index contributed by atoms with van der Waals surface area (Å²) in [7, 11) is 2.18. The molecule has 1 aromatic heterocycles. The lowest BCUT2D eigenvalue weighted by Crippen LogP contribution is -2.23. The first-order valence-electron chi connectivity index (χ1n) is 6.71. The van der Waals surface area contributed by atoms with Gasteiger partial charge in [-0.2, -0.15) is 0 Å². The summed E-state index contributed by atoms with van der Waals surface area (Å²) in [6.45, 7) is 8.91. The molecule has 0 spiro atoms. The van der Waals surface area contributed by atoms with Crippen LogP contribution >= 0.6 is 22.9 Å². The number of halogens is 1. The lowest BCUT2D eigenvalue weighted by molar-refractivity contribution is 0.320. The van der Waals surface area contributed by atoms with Gasteiger partial charge < -0.3 is 10.2 Å². The van der Waals surface area contributed by atoms with E-state index in [9.17, 15) is 0 Å². The van der Waals surface area contributed by atoms with Crippen LogP contribution in [0.15, 0.2) is 12.1 Å². The Labute approximate surface area is 120 Å². The van der Waals surface area contributed by atoms with Crippen LogP contribution in [0, 0.1) is 5.92 Å². The molecule has 0 saturated heterocycles. The highest BCUT2D eigenvalue weighted by molar-refractivity contribution is 7.16. The molecular formula is C14H25ClN2S. The lowest BCUT2D eigenvalue weighted by Gasteiger charge is -2.15. The van der Waals surface area contributed by atoms with Crippen molar-refractivity contribution in [1.29, 1.82) is 0 Å². The summed E-state index contributed by atoms with van der Waals surface area (Å²) < 4.78 is 0.885. The zero-order valence-corrected chi connectivity index (χ0v) is 13.3. The van der Waals surface area contributed by atoms with Gasteiger partial charge in [0.1, 0.15) is 0 Å². The molecule has 0 fully saturated rings. The Morgan fingerprint density at radius 3 is 2.72 bits per heavy atom. The Hall–Kier alpha value is -0.0900. The second-order valence-electron chi connectivity index (χ2n) is 5.25. The normalized spacial score (nSPS) is 11.7.